The summed E-state index contributed by atoms with van der Waals surface area (Å²) in [7, 11) is 1.73. The van der Waals surface area contributed by atoms with E-state index in [1.165, 1.54) is 58.0 Å². The molecule has 0 N–H and O–H groups in total. The summed E-state index contributed by atoms with van der Waals surface area (Å²) in [5.74, 6) is 1.03. The lowest BCUT2D eigenvalue weighted by Gasteiger charge is -2.49. The first-order valence-corrected chi connectivity index (χ1v) is 9.82. The van der Waals surface area contributed by atoms with Crippen LogP contribution in [0.25, 0.3) is 0 Å². The van der Waals surface area contributed by atoms with Gasteiger partial charge in [0.2, 0.25) is 5.91 Å². The van der Waals surface area contributed by atoms with Crippen molar-refractivity contribution in [3.8, 4) is 0 Å². The van der Waals surface area contributed by atoms with E-state index in [4.69, 9.17) is 4.74 Å². The van der Waals surface area contributed by atoms with Crippen LogP contribution in [0.15, 0.2) is 0 Å². The number of carbonyl (C=O) groups is 1. The Morgan fingerprint density at radius 2 is 1.78 bits per heavy atom. The molecule has 3 aliphatic rings. The molecule has 2 heterocycles. The zero-order chi connectivity index (χ0) is 16.1. The molecule has 132 valence electrons. The summed E-state index contributed by atoms with van der Waals surface area (Å²) in [6, 6.07) is 1.28. The monoisotopic (exact) mass is 322 g/mol. The zero-order valence-corrected chi connectivity index (χ0v) is 14.8. The highest BCUT2D eigenvalue weighted by Gasteiger charge is 2.40. The van der Waals surface area contributed by atoms with Crippen molar-refractivity contribution in [3.63, 3.8) is 0 Å². The Hall–Kier alpha value is -0.610. The topological polar surface area (TPSA) is 32.8 Å². The fourth-order valence-electron chi connectivity index (χ4n) is 4.99. The SMILES string of the molecule is COCCN1C(=O)CC[C@@H]2CN(C3CCCCCCC3)CC[C@@H]21. The summed E-state index contributed by atoms with van der Waals surface area (Å²) in [4.78, 5) is 17.2. The molecule has 1 aliphatic carbocycles. The summed E-state index contributed by atoms with van der Waals surface area (Å²) in [6.07, 6.45) is 12.9. The highest BCUT2D eigenvalue weighted by atomic mass is 16.5. The van der Waals surface area contributed by atoms with Crippen LogP contribution in [0, 0.1) is 5.92 Å². The lowest BCUT2D eigenvalue weighted by Crippen LogP contribution is -2.58. The van der Waals surface area contributed by atoms with E-state index in [2.05, 4.69) is 9.80 Å². The van der Waals surface area contributed by atoms with E-state index in [0.29, 0.717) is 24.5 Å². The smallest absolute Gasteiger partial charge is 0.222 e. The van der Waals surface area contributed by atoms with E-state index in [1.54, 1.807) is 7.11 Å². The first-order valence-electron chi connectivity index (χ1n) is 9.82. The standard InChI is InChI=1S/C19H34N2O2/c1-23-14-13-21-18-11-12-20(15-16(18)9-10-19(21)22)17-7-5-3-2-4-6-8-17/h16-18H,2-15H2,1H3/t16-,18+/m1/s1. The van der Waals surface area contributed by atoms with Crippen molar-refractivity contribution < 1.29 is 9.53 Å². The molecule has 0 bridgehead atoms. The Balaban J connectivity index is 1.58. The van der Waals surface area contributed by atoms with Crippen LogP contribution in [0.1, 0.15) is 64.2 Å². The van der Waals surface area contributed by atoms with Gasteiger partial charge in [0.05, 0.1) is 6.61 Å². The van der Waals surface area contributed by atoms with Crippen LogP contribution >= 0.6 is 0 Å². The van der Waals surface area contributed by atoms with Gasteiger partial charge >= 0.3 is 0 Å². The minimum atomic E-state index is 0.350. The van der Waals surface area contributed by atoms with E-state index in [9.17, 15) is 4.79 Å². The Morgan fingerprint density at radius 1 is 1.04 bits per heavy atom. The molecule has 2 aliphatic heterocycles. The number of hydrogen-bond donors (Lipinski definition) is 0. The second-order valence-electron chi connectivity index (χ2n) is 7.73. The molecule has 0 aromatic carbocycles. The van der Waals surface area contributed by atoms with Gasteiger partial charge in [0.25, 0.3) is 0 Å². The van der Waals surface area contributed by atoms with Crippen LogP contribution < -0.4 is 0 Å². The molecule has 2 saturated heterocycles. The van der Waals surface area contributed by atoms with Crippen molar-refractivity contribution in [2.24, 2.45) is 5.92 Å². The summed E-state index contributed by atoms with van der Waals surface area (Å²) in [5, 5.41) is 0. The highest BCUT2D eigenvalue weighted by Crippen LogP contribution is 2.33. The van der Waals surface area contributed by atoms with Crippen LogP contribution in [0.2, 0.25) is 0 Å². The van der Waals surface area contributed by atoms with Gasteiger partial charge in [0, 0.05) is 45.2 Å². The van der Waals surface area contributed by atoms with Crippen molar-refractivity contribution in [1.29, 1.82) is 0 Å². The molecule has 23 heavy (non-hydrogen) atoms. The number of hydrogen-bond acceptors (Lipinski definition) is 3. The van der Waals surface area contributed by atoms with E-state index >= 15 is 0 Å². The number of fused-ring (bicyclic) bond motifs is 1. The molecule has 3 fully saturated rings. The number of rotatable bonds is 4. The molecule has 1 amide bonds. The molecule has 4 heteroatoms. The molecular formula is C19H34N2O2. The number of amides is 1. The molecule has 4 nitrogen and oxygen atoms in total. The van der Waals surface area contributed by atoms with Crippen LogP contribution in [0.5, 0.6) is 0 Å². The molecule has 0 unspecified atom stereocenters. The van der Waals surface area contributed by atoms with E-state index < -0.39 is 0 Å². The maximum atomic E-state index is 12.3. The fraction of sp³-hybridized carbons (Fsp3) is 0.947. The van der Waals surface area contributed by atoms with Gasteiger partial charge in [0.1, 0.15) is 0 Å². The van der Waals surface area contributed by atoms with Crippen molar-refractivity contribution in [3.05, 3.63) is 0 Å². The van der Waals surface area contributed by atoms with E-state index in [-0.39, 0.29) is 0 Å². The second-order valence-corrected chi connectivity index (χ2v) is 7.73. The molecule has 0 spiro atoms. The van der Waals surface area contributed by atoms with E-state index in [1.807, 2.05) is 0 Å². The van der Waals surface area contributed by atoms with Gasteiger partial charge in [-0.2, -0.15) is 0 Å². The van der Waals surface area contributed by atoms with Crippen molar-refractivity contribution >= 4 is 5.91 Å². The van der Waals surface area contributed by atoms with Gasteiger partial charge in [0.15, 0.2) is 0 Å². The largest absolute Gasteiger partial charge is 0.383 e. The van der Waals surface area contributed by atoms with Gasteiger partial charge in [-0.3, -0.25) is 9.69 Å². The summed E-state index contributed by atoms with van der Waals surface area (Å²) >= 11 is 0. The van der Waals surface area contributed by atoms with Crippen LogP contribution in [-0.4, -0.2) is 61.1 Å². The van der Waals surface area contributed by atoms with Crippen molar-refractivity contribution in [2.75, 3.05) is 33.4 Å². The molecular weight excluding hydrogens is 288 g/mol. The minimum Gasteiger partial charge on any atom is -0.383 e. The predicted molar refractivity (Wildman–Crippen MR) is 92.4 cm³/mol. The Kier molecular flexibility index (Phi) is 6.35. The number of ether oxygens (including phenoxy) is 1. The molecule has 0 radical (unpaired) electrons. The maximum Gasteiger partial charge on any atom is 0.222 e. The third kappa shape index (κ3) is 4.27. The van der Waals surface area contributed by atoms with Crippen molar-refractivity contribution in [1.82, 2.24) is 9.80 Å². The summed E-state index contributed by atoms with van der Waals surface area (Å²) < 4.78 is 5.21. The Morgan fingerprint density at radius 3 is 2.52 bits per heavy atom. The predicted octanol–water partition coefficient (Wildman–Crippen LogP) is 3.06. The van der Waals surface area contributed by atoms with Gasteiger partial charge in [-0.1, -0.05) is 32.1 Å². The number of nitrogens with zero attached hydrogens (tertiary/aromatic N) is 2. The summed E-state index contributed by atoms with van der Waals surface area (Å²) in [5.41, 5.74) is 0. The fourth-order valence-corrected chi connectivity index (χ4v) is 4.99. The van der Waals surface area contributed by atoms with Crippen LogP contribution in [0.4, 0.5) is 0 Å². The molecule has 0 aromatic heterocycles. The van der Waals surface area contributed by atoms with Crippen molar-refractivity contribution in [2.45, 2.75) is 76.3 Å². The van der Waals surface area contributed by atoms with Gasteiger partial charge in [-0.15, -0.1) is 0 Å². The average Bonchev–Trinajstić information content (AvgIpc) is 2.53. The molecule has 3 rings (SSSR count). The maximum absolute atomic E-state index is 12.3. The third-order valence-electron chi connectivity index (χ3n) is 6.30. The Bertz CT molecular complexity index is 380. The zero-order valence-electron chi connectivity index (χ0n) is 14.8. The number of methoxy groups -OCH3 is 1. The second kappa shape index (κ2) is 8.48. The van der Waals surface area contributed by atoms with Gasteiger partial charge < -0.3 is 9.64 Å². The average molecular weight is 322 g/mol. The van der Waals surface area contributed by atoms with E-state index in [0.717, 1.165) is 31.8 Å². The normalized spacial score (nSPS) is 31.5. The Labute approximate surface area is 141 Å². The van der Waals surface area contributed by atoms with Gasteiger partial charge in [-0.25, -0.2) is 0 Å². The summed E-state index contributed by atoms with van der Waals surface area (Å²) in [6.45, 7) is 3.84. The first-order chi connectivity index (χ1) is 11.3. The first kappa shape index (κ1) is 17.2. The van der Waals surface area contributed by atoms with Crippen LogP contribution in [-0.2, 0) is 9.53 Å². The molecule has 2 atom stereocenters. The number of likely N-dealkylation sites (tertiary alicyclic amines) is 2. The lowest BCUT2D eigenvalue weighted by atomic mass is 9.82. The third-order valence-corrected chi connectivity index (χ3v) is 6.30. The quantitative estimate of drug-likeness (QED) is 0.797. The highest BCUT2D eigenvalue weighted by molar-refractivity contribution is 5.77. The molecule has 1 saturated carbocycles. The molecule has 0 aromatic rings. The lowest BCUT2D eigenvalue weighted by molar-refractivity contribution is -0.142. The van der Waals surface area contributed by atoms with Gasteiger partial charge in [-0.05, 0) is 31.6 Å². The minimum absolute atomic E-state index is 0.350. The van der Waals surface area contributed by atoms with Crippen LogP contribution in [0.3, 0.4) is 0 Å². The number of piperidine rings is 2. The number of carbonyl (C=O) groups excluding carboxylic acids is 1.